The summed E-state index contributed by atoms with van der Waals surface area (Å²) in [6.07, 6.45) is 1.93. The van der Waals surface area contributed by atoms with Gasteiger partial charge >= 0.3 is 18.4 Å². The molecule has 0 aliphatic carbocycles. The van der Waals surface area contributed by atoms with E-state index in [9.17, 15) is 9.59 Å². The summed E-state index contributed by atoms with van der Waals surface area (Å²) >= 11 is 0. The van der Waals surface area contributed by atoms with Crippen LogP contribution in [0, 0.1) is 0 Å². The zero-order valence-electron chi connectivity index (χ0n) is 8.68. The zero-order valence-corrected chi connectivity index (χ0v) is 8.68. The fourth-order valence-electron chi connectivity index (χ4n) is 0.668. The molecule has 0 aromatic rings. The van der Waals surface area contributed by atoms with E-state index in [0.29, 0.717) is 0 Å². The van der Waals surface area contributed by atoms with Crippen molar-refractivity contribution in [3.05, 3.63) is 12.2 Å². The molecule has 0 N–H and O–H groups in total. The average molecular weight is 216 g/mol. The molecule has 0 bridgehead atoms. The van der Waals surface area contributed by atoms with Crippen molar-refractivity contribution in [1.82, 2.24) is 0 Å². The summed E-state index contributed by atoms with van der Waals surface area (Å²) < 4.78 is 9.38. The summed E-state index contributed by atoms with van der Waals surface area (Å²) in [7, 11) is 0. The third-order valence-electron chi connectivity index (χ3n) is 1.15. The highest BCUT2D eigenvalue weighted by molar-refractivity contribution is 5.91. The van der Waals surface area contributed by atoms with Gasteiger partial charge in [0.25, 0.3) is 0 Å². The first-order valence-electron chi connectivity index (χ1n) is 4.31. The van der Waals surface area contributed by atoms with Gasteiger partial charge in [0.05, 0.1) is 0 Å². The highest BCUT2D eigenvalue weighted by Crippen LogP contribution is 2.13. The molecule has 15 heavy (non-hydrogen) atoms. The van der Waals surface area contributed by atoms with E-state index in [1.165, 1.54) is 0 Å². The first-order valence-corrected chi connectivity index (χ1v) is 4.31. The second kappa shape index (κ2) is 4.41. The molecule has 0 atom stereocenters. The van der Waals surface area contributed by atoms with Crippen LogP contribution in [0.2, 0.25) is 0 Å². The molecule has 0 spiro atoms. The minimum atomic E-state index is -0.944. The maximum absolute atomic E-state index is 11.1. The van der Waals surface area contributed by atoms with Gasteiger partial charge in [0, 0.05) is 12.2 Å². The van der Waals surface area contributed by atoms with Crippen molar-refractivity contribution in [3.8, 4) is 0 Å². The Hall–Kier alpha value is -1.40. The Morgan fingerprint density at radius 2 is 1.67 bits per heavy atom. The lowest BCUT2D eigenvalue weighted by atomic mass is 10.2. The number of esters is 2. The van der Waals surface area contributed by atoms with Crippen LogP contribution in [-0.4, -0.2) is 24.0 Å². The normalized spacial score (nSPS) is 16.5. The molecule has 1 rings (SSSR count). The maximum atomic E-state index is 11.1. The fourth-order valence-corrected chi connectivity index (χ4v) is 0.668. The predicted octanol–water partition coefficient (Wildman–Crippen LogP) is 0.673. The number of hydrogen-bond donors (Lipinski definition) is 0. The lowest BCUT2D eigenvalue weighted by molar-refractivity contribution is -0.149. The van der Waals surface area contributed by atoms with Crippen LogP contribution in [0.15, 0.2) is 12.2 Å². The van der Waals surface area contributed by atoms with Gasteiger partial charge in [-0.1, -0.05) is 0 Å². The minimum absolute atomic E-state index is 0.589. The van der Waals surface area contributed by atoms with Gasteiger partial charge in [-0.05, 0) is 20.8 Å². The molecule has 84 valence electrons. The molecular formula is C9H12O6. The van der Waals surface area contributed by atoms with Gasteiger partial charge in [0.1, 0.15) is 5.60 Å². The van der Waals surface area contributed by atoms with Crippen molar-refractivity contribution in [2.24, 2.45) is 0 Å². The van der Waals surface area contributed by atoms with E-state index in [0.717, 1.165) is 12.2 Å². The van der Waals surface area contributed by atoms with Gasteiger partial charge < -0.3 is 9.47 Å². The minimum Gasteiger partial charge on any atom is -0.457 e. The van der Waals surface area contributed by atoms with Crippen LogP contribution in [-0.2, 0) is 28.8 Å². The van der Waals surface area contributed by atoms with Gasteiger partial charge in [-0.25, -0.2) is 9.59 Å². The lowest BCUT2D eigenvalue weighted by Crippen LogP contribution is -2.22. The molecule has 1 heterocycles. The smallest absolute Gasteiger partial charge is 0.373 e. The molecule has 0 unspecified atom stereocenters. The Morgan fingerprint density at radius 1 is 1.13 bits per heavy atom. The molecule has 1 saturated heterocycles. The highest BCUT2D eigenvalue weighted by Gasteiger charge is 2.29. The maximum Gasteiger partial charge on any atom is 0.373 e. The van der Waals surface area contributed by atoms with Crippen LogP contribution in [0.3, 0.4) is 0 Å². The molecule has 0 aromatic heterocycles. The Bertz CT molecular complexity index is 283. The van der Waals surface area contributed by atoms with Crippen molar-refractivity contribution in [2.45, 2.75) is 32.8 Å². The topological polar surface area (TPSA) is 77.7 Å². The molecule has 1 aliphatic heterocycles. The molecule has 0 amide bonds. The molecule has 1 aliphatic rings. The summed E-state index contributed by atoms with van der Waals surface area (Å²) in [4.78, 5) is 30.3. The Labute approximate surface area is 86.7 Å². The van der Waals surface area contributed by atoms with E-state index in [-0.39, 0.29) is 0 Å². The van der Waals surface area contributed by atoms with Crippen molar-refractivity contribution in [2.75, 3.05) is 0 Å². The van der Waals surface area contributed by atoms with Gasteiger partial charge in [0.2, 0.25) is 0 Å². The molecule has 0 radical (unpaired) electrons. The van der Waals surface area contributed by atoms with Gasteiger partial charge in [-0.15, -0.1) is 0 Å². The second-order valence-electron chi connectivity index (χ2n) is 3.78. The standard InChI is InChI=1S/C9H12O6/c1-9(2,3)13-7(11)5-4-6(10)12-8-14-15-8/h4-5,8H,1-3H3/b5-4+. The second-order valence-corrected chi connectivity index (χ2v) is 3.78. The molecular weight excluding hydrogens is 204 g/mol. The lowest BCUT2D eigenvalue weighted by Gasteiger charge is -2.17. The Balaban J connectivity index is 2.29. The number of carbonyl (C=O) groups excluding carboxylic acids is 2. The van der Waals surface area contributed by atoms with E-state index in [1.54, 1.807) is 20.8 Å². The van der Waals surface area contributed by atoms with Crippen LogP contribution >= 0.6 is 0 Å². The number of hydrogen-bond acceptors (Lipinski definition) is 6. The van der Waals surface area contributed by atoms with Crippen LogP contribution in [0.5, 0.6) is 0 Å². The summed E-state index contributed by atoms with van der Waals surface area (Å²) in [6.45, 7) is 4.23. The van der Waals surface area contributed by atoms with Crippen LogP contribution in [0.25, 0.3) is 0 Å². The summed E-state index contributed by atoms with van der Waals surface area (Å²) in [6, 6.07) is 0. The first-order chi connectivity index (χ1) is 6.87. The predicted molar refractivity (Wildman–Crippen MR) is 47.0 cm³/mol. The van der Waals surface area contributed by atoms with Crippen molar-refractivity contribution < 1.29 is 28.8 Å². The third kappa shape index (κ3) is 5.82. The first kappa shape index (κ1) is 11.7. The fraction of sp³-hybridized carbons (Fsp3) is 0.556. The highest BCUT2D eigenvalue weighted by atomic mass is 17.4. The van der Waals surface area contributed by atoms with Gasteiger partial charge in [-0.2, -0.15) is 9.78 Å². The van der Waals surface area contributed by atoms with E-state index >= 15 is 0 Å². The Morgan fingerprint density at radius 3 is 2.13 bits per heavy atom. The number of ether oxygens (including phenoxy) is 2. The molecule has 1 fully saturated rings. The van der Waals surface area contributed by atoms with Crippen molar-refractivity contribution >= 4 is 11.9 Å². The Kier molecular flexibility index (Phi) is 3.43. The van der Waals surface area contributed by atoms with E-state index in [2.05, 4.69) is 14.5 Å². The van der Waals surface area contributed by atoms with Gasteiger partial charge in [-0.3, -0.25) is 0 Å². The van der Waals surface area contributed by atoms with Gasteiger partial charge in [0.15, 0.2) is 0 Å². The third-order valence-corrected chi connectivity index (χ3v) is 1.15. The summed E-state index contributed by atoms with van der Waals surface area (Å²) in [5.41, 5.74) is -0.589. The van der Waals surface area contributed by atoms with Crippen molar-refractivity contribution in [3.63, 3.8) is 0 Å². The SMILES string of the molecule is CC(C)(C)OC(=O)/C=C/C(=O)OC1OO1. The van der Waals surface area contributed by atoms with Crippen LogP contribution in [0.4, 0.5) is 0 Å². The monoisotopic (exact) mass is 216 g/mol. The average Bonchev–Trinajstić information content (AvgIpc) is 2.81. The molecule has 6 nitrogen and oxygen atoms in total. The van der Waals surface area contributed by atoms with E-state index in [4.69, 9.17) is 4.74 Å². The molecule has 6 heteroatoms. The van der Waals surface area contributed by atoms with E-state index < -0.39 is 24.0 Å². The number of carbonyl (C=O) groups is 2. The van der Waals surface area contributed by atoms with Crippen LogP contribution in [0.1, 0.15) is 20.8 Å². The quantitative estimate of drug-likeness (QED) is 0.298. The van der Waals surface area contributed by atoms with Crippen LogP contribution < -0.4 is 0 Å². The summed E-state index contributed by atoms with van der Waals surface area (Å²) in [5.74, 6) is -1.35. The largest absolute Gasteiger partial charge is 0.457 e. The summed E-state index contributed by atoms with van der Waals surface area (Å²) in [5, 5.41) is 0. The van der Waals surface area contributed by atoms with Crippen molar-refractivity contribution in [1.29, 1.82) is 0 Å². The zero-order chi connectivity index (χ0) is 11.5. The van der Waals surface area contributed by atoms with E-state index in [1.807, 2.05) is 0 Å². The number of rotatable bonds is 3. The molecule has 0 aromatic carbocycles. The molecule has 0 saturated carbocycles.